The maximum atomic E-state index is 12.1. The van der Waals surface area contributed by atoms with Crippen LogP contribution in [-0.2, 0) is 4.79 Å². The molecule has 1 saturated heterocycles. The van der Waals surface area contributed by atoms with E-state index in [9.17, 15) is 4.79 Å². The summed E-state index contributed by atoms with van der Waals surface area (Å²) >= 11 is 17.9. The van der Waals surface area contributed by atoms with Crippen molar-refractivity contribution in [3.05, 3.63) is 27.2 Å². The van der Waals surface area contributed by atoms with Crippen LogP contribution in [0.1, 0.15) is 6.92 Å². The van der Waals surface area contributed by atoms with Crippen LogP contribution in [-0.4, -0.2) is 43.0 Å². The van der Waals surface area contributed by atoms with Crippen LogP contribution in [0.5, 0.6) is 0 Å². The monoisotopic (exact) mass is 335 g/mol. The van der Waals surface area contributed by atoms with E-state index in [1.54, 1.807) is 12.1 Å². The third kappa shape index (κ3) is 4.24. The smallest absolute Gasteiger partial charge is 0.238 e. The van der Waals surface area contributed by atoms with E-state index in [2.05, 4.69) is 22.5 Å². The Bertz CT molecular complexity index is 487. The topological polar surface area (TPSA) is 44.4 Å². The van der Waals surface area contributed by atoms with Gasteiger partial charge in [0.2, 0.25) is 5.91 Å². The molecule has 110 valence electrons. The molecule has 0 aromatic heterocycles. The van der Waals surface area contributed by atoms with E-state index >= 15 is 0 Å². The molecule has 2 rings (SSSR count). The zero-order valence-corrected chi connectivity index (χ0v) is 13.3. The van der Waals surface area contributed by atoms with E-state index in [0.29, 0.717) is 33.3 Å². The zero-order valence-electron chi connectivity index (χ0n) is 11.0. The molecule has 1 aromatic carbocycles. The van der Waals surface area contributed by atoms with Gasteiger partial charge in [-0.2, -0.15) is 0 Å². The summed E-state index contributed by atoms with van der Waals surface area (Å²) in [5.41, 5.74) is 0.408. The number of nitrogens with zero attached hydrogens (tertiary/aromatic N) is 1. The van der Waals surface area contributed by atoms with Crippen molar-refractivity contribution in [2.24, 2.45) is 0 Å². The fraction of sp³-hybridized carbons (Fsp3) is 0.462. The van der Waals surface area contributed by atoms with Crippen LogP contribution in [0.3, 0.4) is 0 Å². The third-order valence-electron chi connectivity index (χ3n) is 3.09. The highest BCUT2D eigenvalue weighted by Crippen LogP contribution is 2.33. The van der Waals surface area contributed by atoms with Gasteiger partial charge < -0.3 is 10.6 Å². The summed E-state index contributed by atoms with van der Waals surface area (Å²) in [6.45, 7) is 4.99. The van der Waals surface area contributed by atoms with Gasteiger partial charge in [-0.1, -0.05) is 34.8 Å². The van der Waals surface area contributed by atoms with Gasteiger partial charge >= 0.3 is 0 Å². The molecule has 1 aliphatic rings. The van der Waals surface area contributed by atoms with E-state index in [4.69, 9.17) is 34.8 Å². The number of piperazine rings is 1. The van der Waals surface area contributed by atoms with Gasteiger partial charge in [0.05, 0.1) is 22.3 Å². The number of carbonyl (C=O) groups excluding carboxylic acids is 1. The van der Waals surface area contributed by atoms with Crippen molar-refractivity contribution in [2.45, 2.75) is 13.0 Å². The number of anilines is 1. The van der Waals surface area contributed by atoms with Gasteiger partial charge in [-0.15, -0.1) is 0 Å². The molecule has 0 radical (unpaired) electrons. The number of rotatable bonds is 3. The van der Waals surface area contributed by atoms with Crippen molar-refractivity contribution in [1.82, 2.24) is 10.2 Å². The Labute approximate surface area is 133 Å². The first-order valence-corrected chi connectivity index (χ1v) is 7.49. The molecule has 20 heavy (non-hydrogen) atoms. The Balaban J connectivity index is 1.98. The van der Waals surface area contributed by atoms with Crippen molar-refractivity contribution in [3.63, 3.8) is 0 Å². The first-order chi connectivity index (χ1) is 9.45. The minimum absolute atomic E-state index is 0.134. The molecule has 1 fully saturated rings. The summed E-state index contributed by atoms with van der Waals surface area (Å²) in [4.78, 5) is 14.1. The Morgan fingerprint density at radius 1 is 1.40 bits per heavy atom. The van der Waals surface area contributed by atoms with Gasteiger partial charge in [0.15, 0.2) is 0 Å². The molecule has 1 amide bonds. The van der Waals surface area contributed by atoms with Gasteiger partial charge in [0, 0.05) is 30.7 Å². The van der Waals surface area contributed by atoms with Crippen molar-refractivity contribution in [3.8, 4) is 0 Å². The summed E-state index contributed by atoms with van der Waals surface area (Å²) in [7, 11) is 0. The van der Waals surface area contributed by atoms with Crippen LogP contribution in [0.4, 0.5) is 5.69 Å². The number of carbonyl (C=O) groups is 1. The highest BCUT2D eigenvalue weighted by Gasteiger charge is 2.19. The first-order valence-electron chi connectivity index (χ1n) is 6.36. The average molecular weight is 337 g/mol. The summed E-state index contributed by atoms with van der Waals surface area (Å²) in [5, 5.41) is 7.19. The lowest BCUT2D eigenvalue weighted by molar-refractivity contribution is -0.117. The molecule has 1 aromatic rings. The van der Waals surface area contributed by atoms with Gasteiger partial charge in [0.1, 0.15) is 0 Å². The van der Waals surface area contributed by atoms with Gasteiger partial charge in [0.25, 0.3) is 0 Å². The van der Waals surface area contributed by atoms with Crippen molar-refractivity contribution < 1.29 is 4.79 Å². The van der Waals surface area contributed by atoms with E-state index in [1.165, 1.54) is 0 Å². The molecule has 2 N–H and O–H groups in total. The molecule has 0 unspecified atom stereocenters. The van der Waals surface area contributed by atoms with Crippen LogP contribution in [0.2, 0.25) is 15.1 Å². The number of hydrogen-bond donors (Lipinski definition) is 2. The predicted octanol–water partition coefficient (Wildman–Crippen LogP) is 2.88. The molecule has 0 bridgehead atoms. The molecule has 0 spiro atoms. The highest BCUT2D eigenvalue weighted by molar-refractivity contribution is 6.42. The molecule has 1 atom stereocenters. The largest absolute Gasteiger partial charge is 0.322 e. The summed E-state index contributed by atoms with van der Waals surface area (Å²) < 4.78 is 0. The molecular weight excluding hydrogens is 321 g/mol. The fourth-order valence-corrected chi connectivity index (χ4v) is 3.11. The van der Waals surface area contributed by atoms with Crippen LogP contribution in [0, 0.1) is 0 Å². The van der Waals surface area contributed by atoms with Crippen LogP contribution in [0.25, 0.3) is 0 Å². The number of benzene rings is 1. The molecular formula is C13H16Cl3N3O. The normalized spacial score (nSPS) is 19.9. The van der Waals surface area contributed by atoms with E-state index in [-0.39, 0.29) is 5.91 Å². The van der Waals surface area contributed by atoms with Crippen molar-refractivity contribution in [2.75, 3.05) is 31.5 Å². The summed E-state index contributed by atoms with van der Waals surface area (Å²) in [6, 6.07) is 3.49. The molecule has 0 aliphatic carbocycles. The van der Waals surface area contributed by atoms with Gasteiger partial charge in [-0.05, 0) is 19.1 Å². The van der Waals surface area contributed by atoms with E-state index < -0.39 is 0 Å². The molecule has 0 saturated carbocycles. The first kappa shape index (κ1) is 15.9. The Morgan fingerprint density at radius 3 is 2.65 bits per heavy atom. The van der Waals surface area contributed by atoms with Crippen LogP contribution >= 0.6 is 34.8 Å². The summed E-state index contributed by atoms with van der Waals surface area (Å²) in [5.74, 6) is -0.134. The summed E-state index contributed by atoms with van der Waals surface area (Å²) in [6.07, 6.45) is 0. The second-order valence-corrected chi connectivity index (χ2v) is 6.13. The second kappa shape index (κ2) is 6.96. The van der Waals surface area contributed by atoms with E-state index in [1.807, 2.05) is 0 Å². The minimum Gasteiger partial charge on any atom is -0.322 e. The number of hydrogen-bond acceptors (Lipinski definition) is 3. The predicted molar refractivity (Wildman–Crippen MR) is 84.0 cm³/mol. The molecule has 1 heterocycles. The lowest BCUT2D eigenvalue weighted by atomic mass is 10.2. The fourth-order valence-electron chi connectivity index (χ4n) is 2.20. The quantitative estimate of drug-likeness (QED) is 0.892. The number of amides is 1. The third-order valence-corrected chi connectivity index (χ3v) is 3.91. The highest BCUT2D eigenvalue weighted by atomic mass is 35.5. The Hall–Kier alpha value is -0.520. The number of nitrogens with one attached hydrogen (secondary N) is 2. The van der Waals surface area contributed by atoms with Gasteiger partial charge in [-0.3, -0.25) is 9.69 Å². The van der Waals surface area contributed by atoms with Crippen molar-refractivity contribution in [1.29, 1.82) is 0 Å². The SMILES string of the molecule is C[C@@H]1CN(CC(=O)Nc2c(Cl)cc(Cl)cc2Cl)CCN1. The lowest BCUT2D eigenvalue weighted by Crippen LogP contribution is -2.51. The maximum absolute atomic E-state index is 12.1. The Kier molecular flexibility index (Phi) is 5.52. The van der Waals surface area contributed by atoms with Crippen molar-refractivity contribution >= 4 is 46.4 Å². The molecule has 4 nitrogen and oxygen atoms in total. The second-order valence-electron chi connectivity index (χ2n) is 4.88. The molecule has 1 aliphatic heterocycles. The average Bonchev–Trinajstić information content (AvgIpc) is 2.33. The number of halogens is 3. The zero-order chi connectivity index (χ0) is 14.7. The minimum atomic E-state index is -0.134. The Morgan fingerprint density at radius 2 is 2.05 bits per heavy atom. The molecule has 7 heteroatoms. The van der Waals surface area contributed by atoms with Crippen LogP contribution < -0.4 is 10.6 Å². The van der Waals surface area contributed by atoms with Gasteiger partial charge in [-0.25, -0.2) is 0 Å². The van der Waals surface area contributed by atoms with E-state index in [0.717, 1.165) is 19.6 Å². The van der Waals surface area contributed by atoms with Crippen LogP contribution in [0.15, 0.2) is 12.1 Å². The maximum Gasteiger partial charge on any atom is 0.238 e. The standard InChI is InChI=1S/C13H16Cl3N3O/c1-8-6-19(3-2-17-8)7-12(20)18-13-10(15)4-9(14)5-11(13)16/h4-5,8,17H,2-3,6-7H2,1H3,(H,18,20)/t8-/m1/s1. The lowest BCUT2D eigenvalue weighted by Gasteiger charge is -2.31.